The van der Waals surface area contributed by atoms with Crippen LogP contribution in [0.5, 0.6) is 0 Å². The topological polar surface area (TPSA) is 33.5 Å². The van der Waals surface area contributed by atoms with Gasteiger partial charge in [-0.15, -0.1) is 11.3 Å². The number of likely N-dealkylation sites (N-methyl/N-ethyl adjacent to an activating group) is 1. The first-order valence-corrected chi connectivity index (χ1v) is 8.23. The number of rotatable bonds is 5. The first kappa shape index (κ1) is 16.4. The molecule has 2 rings (SSSR count). The number of amides is 1. The van der Waals surface area contributed by atoms with Gasteiger partial charge in [-0.1, -0.05) is 11.6 Å². The number of benzene rings is 1. The highest BCUT2D eigenvalue weighted by Gasteiger charge is 2.13. The van der Waals surface area contributed by atoms with Crippen molar-refractivity contribution < 1.29 is 14.1 Å². The number of hydrogen-bond acceptors (Lipinski definition) is 2. The van der Waals surface area contributed by atoms with Crippen LogP contribution in [0.25, 0.3) is 0 Å². The van der Waals surface area contributed by atoms with E-state index in [1.165, 1.54) is 23.1 Å². The van der Waals surface area contributed by atoms with Gasteiger partial charge in [0, 0.05) is 0 Å². The zero-order valence-electron chi connectivity index (χ0n) is 11.3. The highest BCUT2D eigenvalue weighted by atomic mass is 79.9. The van der Waals surface area contributed by atoms with Crippen molar-refractivity contribution in [3.63, 3.8) is 0 Å². The Hall–Kier alpha value is -0.950. The summed E-state index contributed by atoms with van der Waals surface area (Å²) in [4.78, 5) is 14.2. The third kappa shape index (κ3) is 5.07. The predicted molar refractivity (Wildman–Crippen MR) is 87.5 cm³/mol. The van der Waals surface area contributed by atoms with E-state index in [0.717, 1.165) is 15.2 Å². The molecule has 0 bridgehead atoms. The molecule has 1 atom stereocenters. The molecule has 1 unspecified atom stereocenters. The van der Waals surface area contributed by atoms with Crippen LogP contribution in [-0.2, 0) is 11.3 Å². The third-order valence-electron chi connectivity index (χ3n) is 2.77. The summed E-state index contributed by atoms with van der Waals surface area (Å²) in [5.74, 6) is -0.583. The Morgan fingerprint density at radius 2 is 2.19 bits per heavy atom. The van der Waals surface area contributed by atoms with Gasteiger partial charge in [0.15, 0.2) is 6.54 Å². The molecule has 112 valence electrons. The van der Waals surface area contributed by atoms with Crippen LogP contribution >= 0.6 is 38.9 Å². The van der Waals surface area contributed by atoms with E-state index in [0.29, 0.717) is 12.2 Å². The van der Waals surface area contributed by atoms with Crippen LogP contribution < -0.4 is 10.2 Å². The van der Waals surface area contributed by atoms with Gasteiger partial charge in [-0.3, -0.25) is 4.79 Å². The molecule has 3 nitrogen and oxygen atoms in total. The molecule has 1 amide bonds. The molecule has 0 aliphatic carbocycles. The Kier molecular flexibility index (Phi) is 5.75. The molecule has 1 aromatic carbocycles. The Morgan fingerprint density at radius 3 is 2.81 bits per heavy atom. The number of anilines is 1. The zero-order chi connectivity index (χ0) is 15.4. The number of carbonyl (C=O) groups excluding carboxylic acids is 1. The summed E-state index contributed by atoms with van der Waals surface area (Å²) in [6.07, 6.45) is 0. The Balaban J connectivity index is 1.89. The molecule has 0 fully saturated rings. The largest absolute Gasteiger partial charge is 0.325 e. The monoisotopic (exact) mass is 391 g/mol. The van der Waals surface area contributed by atoms with Crippen LogP contribution in [0.3, 0.4) is 0 Å². The average molecular weight is 393 g/mol. The van der Waals surface area contributed by atoms with Crippen LogP contribution in [0.1, 0.15) is 4.88 Å². The summed E-state index contributed by atoms with van der Waals surface area (Å²) >= 11 is 10.9. The van der Waals surface area contributed by atoms with Crippen molar-refractivity contribution in [2.45, 2.75) is 6.54 Å². The predicted octanol–water partition coefficient (Wildman–Crippen LogP) is 2.96. The fourth-order valence-electron chi connectivity index (χ4n) is 1.87. The molecule has 0 aliphatic heterocycles. The molecule has 0 saturated carbocycles. The number of nitrogens with one attached hydrogen (secondary N) is 2. The number of thiophene rings is 1. The normalized spacial score (nSPS) is 12.2. The fraction of sp³-hybridized carbons (Fsp3) is 0.214. The van der Waals surface area contributed by atoms with Crippen molar-refractivity contribution in [1.82, 2.24) is 0 Å². The zero-order valence-corrected chi connectivity index (χ0v) is 14.4. The maximum atomic E-state index is 12.9. The van der Waals surface area contributed by atoms with Gasteiger partial charge in [0.25, 0.3) is 5.91 Å². The minimum Gasteiger partial charge on any atom is -0.325 e. The van der Waals surface area contributed by atoms with Crippen molar-refractivity contribution in [3.05, 3.63) is 49.8 Å². The molecule has 21 heavy (non-hydrogen) atoms. The van der Waals surface area contributed by atoms with E-state index in [1.54, 1.807) is 11.3 Å². The van der Waals surface area contributed by atoms with Crippen LogP contribution in [0.2, 0.25) is 5.02 Å². The van der Waals surface area contributed by atoms with Gasteiger partial charge in [-0.05, 0) is 46.3 Å². The number of carbonyl (C=O) groups is 1. The lowest BCUT2D eigenvalue weighted by Gasteiger charge is -2.13. The van der Waals surface area contributed by atoms with Gasteiger partial charge >= 0.3 is 0 Å². The average Bonchev–Trinajstić information content (AvgIpc) is 2.78. The van der Waals surface area contributed by atoms with E-state index in [-0.39, 0.29) is 10.9 Å². The standard InChI is InChI=1S/C14H13BrClFN2OS/c1-19(7-10-3-5-13(15)21-10)8-14(20)18-12-4-2-9(17)6-11(12)16/h2-6H,7-8H2,1H3,(H,18,20)/p+1. The van der Waals surface area contributed by atoms with Crippen LogP contribution in [-0.4, -0.2) is 19.5 Å². The summed E-state index contributed by atoms with van der Waals surface area (Å²) in [6, 6.07) is 7.93. The smallest absolute Gasteiger partial charge is 0.279 e. The number of halogens is 3. The molecule has 0 radical (unpaired) electrons. The lowest BCUT2D eigenvalue weighted by atomic mass is 10.3. The van der Waals surface area contributed by atoms with E-state index in [2.05, 4.69) is 21.2 Å². The lowest BCUT2D eigenvalue weighted by molar-refractivity contribution is -0.884. The molecule has 7 heteroatoms. The van der Waals surface area contributed by atoms with Crippen LogP contribution in [0.15, 0.2) is 34.1 Å². The molecule has 2 aromatic rings. The van der Waals surface area contributed by atoms with Crippen molar-refractivity contribution in [1.29, 1.82) is 0 Å². The summed E-state index contributed by atoms with van der Waals surface area (Å²) < 4.78 is 14.0. The van der Waals surface area contributed by atoms with Gasteiger partial charge in [0.05, 0.1) is 26.4 Å². The second kappa shape index (κ2) is 7.35. The second-order valence-corrected chi connectivity index (χ2v) is 7.64. The van der Waals surface area contributed by atoms with E-state index >= 15 is 0 Å². The Morgan fingerprint density at radius 1 is 1.43 bits per heavy atom. The fourth-order valence-corrected chi connectivity index (χ4v) is 3.68. The molecule has 0 aliphatic rings. The quantitative estimate of drug-likeness (QED) is 0.806. The molecule has 2 N–H and O–H groups in total. The summed E-state index contributed by atoms with van der Waals surface area (Å²) in [7, 11) is 1.94. The maximum absolute atomic E-state index is 12.9. The molecule has 1 heterocycles. The first-order valence-electron chi connectivity index (χ1n) is 6.24. The highest BCUT2D eigenvalue weighted by molar-refractivity contribution is 9.11. The van der Waals surface area contributed by atoms with Crippen molar-refractivity contribution in [3.8, 4) is 0 Å². The van der Waals surface area contributed by atoms with Crippen LogP contribution in [0.4, 0.5) is 10.1 Å². The SMILES string of the molecule is C[NH+](CC(=O)Nc1ccc(F)cc1Cl)Cc1ccc(Br)s1. The van der Waals surface area contributed by atoms with Crippen LogP contribution in [0, 0.1) is 5.82 Å². The minimum atomic E-state index is -0.427. The minimum absolute atomic E-state index is 0.156. The Bertz CT molecular complexity index is 650. The summed E-state index contributed by atoms with van der Waals surface area (Å²) in [6.45, 7) is 1.07. The van der Waals surface area contributed by atoms with Gasteiger partial charge < -0.3 is 10.2 Å². The Labute approximate surface area is 139 Å². The summed E-state index contributed by atoms with van der Waals surface area (Å²) in [5, 5.41) is 2.89. The molecular formula is C14H14BrClFN2OS+. The van der Waals surface area contributed by atoms with Gasteiger partial charge in [0.2, 0.25) is 0 Å². The van der Waals surface area contributed by atoms with E-state index in [9.17, 15) is 9.18 Å². The molecular weight excluding hydrogens is 379 g/mol. The van der Waals surface area contributed by atoms with Crippen molar-refractivity contribution in [2.24, 2.45) is 0 Å². The van der Waals surface area contributed by atoms with Gasteiger partial charge in [0.1, 0.15) is 12.4 Å². The van der Waals surface area contributed by atoms with Crippen molar-refractivity contribution in [2.75, 3.05) is 18.9 Å². The van der Waals surface area contributed by atoms with E-state index < -0.39 is 5.82 Å². The van der Waals surface area contributed by atoms with E-state index in [4.69, 9.17) is 11.6 Å². The third-order valence-corrected chi connectivity index (χ3v) is 4.71. The number of hydrogen-bond donors (Lipinski definition) is 2. The maximum Gasteiger partial charge on any atom is 0.279 e. The first-order chi connectivity index (χ1) is 9.94. The number of quaternary nitrogens is 1. The van der Waals surface area contributed by atoms with E-state index in [1.807, 2.05) is 19.2 Å². The van der Waals surface area contributed by atoms with Gasteiger partial charge in [-0.2, -0.15) is 0 Å². The lowest BCUT2D eigenvalue weighted by Crippen LogP contribution is -3.08. The molecule has 0 saturated heterocycles. The second-order valence-electron chi connectivity index (χ2n) is 4.69. The molecule has 1 aromatic heterocycles. The van der Waals surface area contributed by atoms with Crippen molar-refractivity contribution >= 4 is 50.5 Å². The highest BCUT2D eigenvalue weighted by Crippen LogP contribution is 2.22. The van der Waals surface area contributed by atoms with Gasteiger partial charge in [-0.25, -0.2) is 4.39 Å². The summed E-state index contributed by atoms with van der Waals surface area (Å²) in [5.41, 5.74) is 0.426. The molecule has 0 spiro atoms.